The number of methoxy groups -OCH3 is 1. The van der Waals surface area contributed by atoms with Gasteiger partial charge in [0.1, 0.15) is 5.92 Å². The number of rotatable bonds is 9. The lowest BCUT2D eigenvalue weighted by atomic mass is 9.88. The van der Waals surface area contributed by atoms with Crippen LogP contribution in [0.1, 0.15) is 54.6 Å². The molecule has 2 aromatic rings. The number of aromatic nitrogens is 1. The van der Waals surface area contributed by atoms with Crippen molar-refractivity contribution in [1.82, 2.24) is 4.98 Å². The number of hydrogen-bond donors (Lipinski definition) is 0. The van der Waals surface area contributed by atoms with E-state index in [0.29, 0.717) is 24.2 Å². The molecular formula is C24H33NO4Si. The number of Topliss-reactive ketones (excluding diaryl/α,β-unsaturated/α-hetero) is 1. The molecule has 0 amide bonds. The van der Waals surface area contributed by atoms with E-state index in [2.05, 4.69) is 38.8 Å². The molecule has 162 valence electrons. The molecule has 0 aliphatic rings. The number of benzene rings is 1. The van der Waals surface area contributed by atoms with Crippen LogP contribution in [0.5, 0.6) is 0 Å². The Labute approximate surface area is 181 Å². The number of pyridine rings is 1. The third-order valence-electron chi connectivity index (χ3n) is 5.87. The molecule has 1 heterocycles. The summed E-state index contributed by atoms with van der Waals surface area (Å²) in [5, 5.41) is 0.161. The van der Waals surface area contributed by atoms with Gasteiger partial charge in [0, 0.05) is 24.6 Å². The van der Waals surface area contributed by atoms with Gasteiger partial charge in [-0.1, -0.05) is 51.1 Å². The lowest BCUT2D eigenvalue weighted by Gasteiger charge is -2.36. The molecule has 6 heteroatoms. The first-order valence-electron chi connectivity index (χ1n) is 10.3. The van der Waals surface area contributed by atoms with Crippen molar-refractivity contribution in [2.45, 2.75) is 57.7 Å². The van der Waals surface area contributed by atoms with Crippen LogP contribution >= 0.6 is 0 Å². The highest BCUT2D eigenvalue weighted by molar-refractivity contribution is 6.74. The van der Waals surface area contributed by atoms with E-state index in [1.54, 1.807) is 36.7 Å². The monoisotopic (exact) mass is 427 g/mol. The van der Waals surface area contributed by atoms with E-state index in [1.165, 1.54) is 7.11 Å². The Balaban J connectivity index is 2.17. The van der Waals surface area contributed by atoms with Gasteiger partial charge in [-0.2, -0.15) is 0 Å². The van der Waals surface area contributed by atoms with Crippen molar-refractivity contribution < 1.29 is 18.8 Å². The molecule has 5 nitrogen and oxygen atoms in total. The van der Waals surface area contributed by atoms with Crippen LogP contribution in [0.25, 0.3) is 0 Å². The summed E-state index contributed by atoms with van der Waals surface area (Å²) in [6.07, 6.45) is 4.70. The SMILES string of the molecule is COC(=O)C(C(=O)c1cnccc1CCCO[Si](C)(C)C(C)(C)C)c1ccccc1. The smallest absolute Gasteiger partial charge is 0.321 e. The first kappa shape index (κ1) is 24.0. The highest BCUT2D eigenvalue weighted by Crippen LogP contribution is 2.36. The van der Waals surface area contributed by atoms with Crippen molar-refractivity contribution in [1.29, 1.82) is 0 Å². The first-order chi connectivity index (χ1) is 14.1. The van der Waals surface area contributed by atoms with Gasteiger partial charge in [-0.05, 0) is 48.2 Å². The largest absolute Gasteiger partial charge is 0.468 e. The van der Waals surface area contributed by atoms with E-state index < -0.39 is 20.2 Å². The third kappa shape index (κ3) is 5.86. The quantitative estimate of drug-likeness (QED) is 0.181. The minimum absolute atomic E-state index is 0.161. The Morgan fingerprint density at radius 1 is 1.10 bits per heavy atom. The van der Waals surface area contributed by atoms with Gasteiger partial charge in [0.15, 0.2) is 14.1 Å². The predicted octanol–water partition coefficient (Wildman–Crippen LogP) is 5.18. The highest BCUT2D eigenvalue weighted by atomic mass is 28.4. The maximum absolute atomic E-state index is 13.3. The van der Waals surface area contributed by atoms with Crippen LogP contribution in [0, 0.1) is 0 Å². The summed E-state index contributed by atoms with van der Waals surface area (Å²) < 4.78 is 11.2. The van der Waals surface area contributed by atoms with Crippen molar-refractivity contribution in [3.8, 4) is 0 Å². The number of ketones is 1. The average molecular weight is 428 g/mol. The van der Waals surface area contributed by atoms with Gasteiger partial charge in [0.25, 0.3) is 0 Å². The lowest BCUT2D eigenvalue weighted by Crippen LogP contribution is -2.41. The maximum atomic E-state index is 13.3. The molecule has 2 rings (SSSR count). The standard InChI is InChI=1S/C24H33NO4Si/c1-24(2,3)30(5,6)29-16-10-13-18-14-15-25-17-20(18)22(26)21(23(27)28-4)19-11-8-7-9-12-19/h7-9,11-12,14-15,17,21H,10,13,16H2,1-6H3. The molecule has 0 spiro atoms. The number of hydrogen-bond acceptors (Lipinski definition) is 5. The molecule has 0 bridgehead atoms. The minimum Gasteiger partial charge on any atom is -0.468 e. The number of carbonyl (C=O) groups excluding carboxylic acids is 2. The fourth-order valence-electron chi connectivity index (χ4n) is 2.98. The molecule has 1 atom stereocenters. The molecule has 1 unspecified atom stereocenters. The molecule has 0 saturated heterocycles. The van der Waals surface area contributed by atoms with E-state index in [1.807, 2.05) is 12.1 Å². The highest BCUT2D eigenvalue weighted by Gasteiger charge is 2.37. The van der Waals surface area contributed by atoms with Crippen LogP contribution in [-0.4, -0.2) is 38.8 Å². The van der Waals surface area contributed by atoms with E-state index in [9.17, 15) is 9.59 Å². The van der Waals surface area contributed by atoms with E-state index in [-0.39, 0.29) is 10.8 Å². The van der Waals surface area contributed by atoms with Crippen molar-refractivity contribution in [2.24, 2.45) is 0 Å². The molecular weight excluding hydrogens is 394 g/mol. The van der Waals surface area contributed by atoms with Gasteiger partial charge in [0.2, 0.25) is 0 Å². The Morgan fingerprint density at radius 2 is 1.77 bits per heavy atom. The summed E-state index contributed by atoms with van der Waals surface area (Å²) in [6, 6.07) is 10.8. The summed E-state index contributed by atoms with van der Waals surface area (Å²) in [7, 11) is -0.501. The van der Waals surface area contributed by atoms with Gasteiger partial charge in [-0.15, -0.1) is 0 Å². The van der Waals surface area contributed by atoms with Crippen molar-refractivity contribution in [3.63, 3.8) is 0 Å². The second-order valence-electron chi connectivity index (χ2n) is 8.98. The molecule has 0 N–H and O–H groups in total. The normalized spacial score (nSPS) is 13.0. The van der Waals surface area contributed by atoms with E-state index in [0.717, 1.165) is 12.0 Å². The molecule has 0 saturated carbocycles. The van der Waals surface area contributed by atoms with Crippen LogP contribution < -0.4 is 0 Å². The van der Waals surface area contributed by atoms with Crippen LogP contribution in [0.15, 0.2) is 48.8 Å². The second kappa shape index (κ2) is 10.1. The summed E-state index contributed by atoms with van der Waals surface area (Å²) in [5.41, 5.74) is 1.95. The molecule has 0 radical (unpaired) electrons. The van der Waals surface area contributed by atoms with Crippen LogP contribution in [0.2, 0.25) is 18.1 Å². The number of ether oxygens (including phenoxy) is 1. The zero-order valence-electron chi connectivity index (χ0n) is 18.9. The zero-order valence-corrected chi connectivity index (χ0v) is 19.9. The Hall–Kier alpha value is -2.31. The van der Waals surface area contributed by atoms with Gasteiger partial charge in [-0.3, -0.25) is 14.6 Å². The van der Waals surface area contributed by atoms with Gasteiger partial charge in [-0.25, -0.2) is 0 Å². The molecule has 0 aliphatic heterocycles. The van der Waals surface area contributed by atoms with Crippen molar-refractivity contribution in [2.75, 3.05) is 13.7 Å². The Morgan fingerprint density at radius 3 is 2.37 bits per heavy atom. The third-order valence-corrected chi connectivity index (χ3v) is 10.4. The van der Waals surface area contributed by atoms with Gasteiger partial charge < -0.3 is 9.16 Å². The van der Waals surface area contributed by atoms with Crippen LogP contribution in [0.3, 0.4) is 0 Å². The minimum atomic E-state index is -1.80. The van der Waals surface area contributed by atoms with Crippen LogP contribution in [0.4, 0.5) is 0 Å². The molecule has 30 heavy (non-hydrogen) atoms. The molecule has 0 aliphatic carbocycles. The molecule has 1 aromatic carbocycles. The van der Waals surface area contributed by atoms with Crippen molar-refractivity contribution in [3.05, 3.63) is 65.5 Å². The van der Waals surface area contributed by atoms with Gasteiger partial charge >= 0.3 is 5.97 Å². The number of esters is 1. The Kier molecular flexibility index (Phi) is 8.09. The number of nitrogens with zero attached hydrogens (tertiary/aromatic N) is 1. The second-order valence-corrected chi connectivity index (χ2v) is 13.8. The van der Waals surface area contributed by atoms with Crippen LogP contribution in [-0.2, 0) is 20.4 Å². The summed E-state index contributed by atoms with van der Waals surface area (Å²) in [5.74, 6) is -1.86. The number of carbonyl (C=O) groups is 2. The summed E-state index contributed by atoms with van der Waals surface area (Å²) >= 11 is 0. The number of aryl methyl sites for hydroxylation is 1. The average Bonchev–Trinajstić information content (AvgIpc) is 2.71. The van der Waals surface area contributed by atoms with E-state index in [4.69, 9.17) is 9.16 Å². The van der Waals surface area contributed by atoms with E-state index >= 15 is 0 Å². The zero-order chi connectivity index (χ0) is 22.4. The Bertz CT molecular complexity index is 859. The molecule has 0 fully saturated rings. The lowest BCUT2D eigenvalue weighted by molar-refractivity contribution is -0.141. The maximum Gasteiger partial charge on any atom is 0.321 e. The fourth-order valence-corrected chi connectivity index (χ4v) is 4.07. The van der Waals surface area contributed by atoms with Crippen molar-refractivity contribution >= 4 is 20.1 Å². The topological polar surface area (TPSA) is 65.5 Å². The fraction of sp³-hybridized carbons (Fsp3) is 0.458. The molecule has 1 aromatic heterocycles. The first-order valence-corrected chi connectivity index (χ1v) is 13.2. The predicted molar refractivity (Wildman–Crippen MR) is 121 cm³/mol. The summed E-state index contributed by atoms with van der Waals surface area (Å²) in [4.78, 5) is 29.9. The van der Waals surface area contributed by atoms with Gasteiger partial charge in [0.05, 0.1) is 7.11 Å². The summed E-state index contributed by atoms with van der Waals surface area (Å²) in [6.45, 7) is 11.8.